The second-order valence-electron chi connectivity index (χ2n) is 10.1. The highest BCUT2D eigenvalue weighted by atomic mass is 35.5. The molecule has 10 heteroatoms. The fourth-order valence-electron chi connectivity index (χ4n) is 4.56. The molecular formula is C28H36ClN5O3S. The molecule has 1 saturated heterocycles. The molecule has 4 rings (SSSR count). The fraction of sp³-hybridized carbons (Fsp3) is 0.429. The maximum Gasteiger partial charge on any atom is 0.229 e. The minimum absolute atomic E-state index is 0.0116. The number of benzene rings is 2. The van der Waals surface area contributed by atoms with E-state index in [1.165, 1.54) is 17.3 Å². The van der Waals surface area contributed by atoms with Gasteiger partial charge >= 0.3 is 0 Å². The van der Waals surface area contributed by atoms with Crippen molar-refractivity contribution in [2.45, 2.75) is 69.6 Å². The zero-order chi connectivity index (χ0) is 27.4. The van der Waals surface area contributed by atoms with Crippen LogP contribution in [0.15, 0.2) is 47.5 Å². The third kappa shape index (κ3) is 6.39. The summed E-state index contributed by atoms with van der Waals surface area (Å²) in [4.78, 5) is 9.16. The van der Waals surface area contributed by atoms with Gasteiger partial charge in [0.1, 0.15) is 10.8 Å². The highest BCUT2D eigenvalue weighted by Crippen LogP contribution is 2.37. The van der Waals surface area contributed by atoms with E-state index >= 15 is 0 Å². The van der Waals surface area contributed by atoms with Gasteiger partial charge in [-0.05, 0) is 102 Å². The monoisotopic (exact) mass is 557 g/mol. The van der Waals surface area contributed by atoms with Crippen molar-refractivity contribution in [2.24, 2.45) is 0 Å². The van der Waals surface area contributed by atoms with E-state index in [0.717, 1.165) is 37.4 Å². The molecular weight excluding hydrogens is 522 g/mol. The molecule has 38 heavy (non-hydrogen) atoms. The van der Waals surface area contributed by atoms with Gasteiger partial charge in [0.25, 0.3) is 0 Å². The molecule has 1 aliphatic heterocycles. The van der Waals surface area contributed by atoms with E-state index in [2.05, 4.69) is 45.0 Å². The van der Waals surface area contributed by atoms with Crippen LogP contribution in [0.1, 0.15) is 57.6 Å². The fourth-order valence-corrected chi connectivity index (χ4v) is 5.90. The summed E-state index contributed by atoms with van der Waals surface area (Å²) < 4.78 is 32.0. The van der Waals surface area contributed by atoms with Crippen molar-refractivity contribution < 1.29 is 13.2 Å². The van der Waals surface area contributed by atoms with Gasteiger partial charge in [-0.1, -0.05) is 23.7 Å². The Kier molecular flexibility index (Phi) is 8.80. The van der Waals surface area contributed by atoms with Gasteiger partial charge in [-0.3, -0.25) is 0 Å². The molecule has 0 unspecified atom stereocenters. The zero-order valence-electron chi connectivity index (χ0n) is 22.5. The van der Waals surface area contributed by atoms with Gasteiger partial charge in [-0.2, -0.15) is 4.98 Å². The number of aryl methyl sites for hydroxylation is 1. The molecule has 8 nitrogen and oxygen atoms in total. The Morgan fingerprint density at radius 1 is 1.05 bits per heavy atom. The van der Waals surface area contributed by atoms with Crippen LogP contribution in [0.25, 0.3) is 0 Å². The standard InChI is InChI=1S/C28H36ClN5O3S/c1-17(2)37-25-14-19(5)21(20-10-12-30-13-11-20)15-24(25)33-28-31-16-22(29)27(34-28)32-23-8-6-7-9-26(23)38(35,36)18(3)4/h6-9,14-18,20,30H,10-13H2,1-5H3,(H2,31,32,33,34). The summed E-state index contributed by atoms with van der Waals surface area (Å²) in [6.45, 7) is 11.4. The SMILES string of the molecule is Cc1cc(OC(C)C)c(Nc2ncc(Cl)c(Nc3ccccc3S(=O)(=O)C(C)C)n2)cc1C1CCNCC1. The molecule has 0 aliphatic carbocycles. The molecule has 204 valence electrons. The van der Waals surface area contributed by atoms with Crippen molar-refractivity contribution in [2.75, 3.05) is 23.7 Å². The van der Waals surface area contributed by atoms with Crippen molar-refractivity contribution in [3.05, 3.63) is 58.7 Å². The number of para-hydroxylation sites is 1. The first-order valence-corrected chi connectivity index (χ1v) is 14.9. The first-order valence-electron chi connectivity index (χ1n) is 13.0. The smallest absolute Gasteiger partial charge is 0.229 e. The van der Waals surface area contributed by atoms with Crippen molar-refractivity contribution in [1.82, 2.24) is 15.3 Å². The van der Waals surface area contributed by atoms with Crippen LogP contribution >= 0.6 is 11.6 Å². The largest absolute Gasteiger partial charge is 0.489 e. The quantitative estimate of drug-likeness (QED) is 0.279. The molecule has 0 bridgehead atoms. The van der Waals surface area contributed by atoms with Crippen LogP contribution < -0.4 is 20.7 Å². The Hall–Kier alpha value is -2.88. The summed E-state index contributed by atoms with van der Waals surface area (Å²) in [6, 6.07) is 10.9. The lowest BCUT2D eigenvalue weighted by atomic mass is 9.87. The summed E-state index contributed by atoms with van der Waals surface area (Å²) in [7, 11) is -3.52. The topological polar surface area (TPSA) is 105 Å². The molecule has 0 spiro atoms. The van der Waals surface area contributed by atoms with Crippen LogP contribution in [0.4, 0.5) is 23.1 Å². The van der Waals surface area contributed by atoms with Gasteiger partial charge < -0.3 is 20.7 Å². The minimum atomic E-state index is -3.52. The van der Waals surface area contributed by atoms with E-state index in [9.17, 15) is 8.42 Å². The number of nitrogens with zero attached hydrogens (tertiary/aromatic N) is 2. The van der Waals surface area contributed by atoms with Gasteiger partial charge in [0.2, 0.25) is 5.95 Å². The number of hydrogen-bond donors (Lipinski definition) is 3. The first kappa shape index (κ1) is 28.1. The summed E-state index contributed by atoms with van der Waals surface area (Å²) in [5.74, 6) is 1.80. The Labute approximate surface area is 230 Å². The molecule has 1 aromatic heterocycles. The maximum atomic E-state index is 12.9. The number of rotatable bonds is 9. The van der Waals surface area contributed by atoms with Crippen molar-refractivity contribution in [3.8, 4) is 5.75 Å². The Morgan fingerprint density at radius 3 is 2.45 bits per heavy atom. The molecule has 3 aromatic rings. The van der Waals surface area contributed by atoms with Crippen LogP contribution in [0.3, 0.4) is 0 Å². The van der Waals surface area contributed by atoms with E-state index in [4.69, 9.17) is 16.3 Å². The number of hydrogen-bond acceptors (Lipinski definition) is 8. The van der Waals surface area contributed by atoms with Crippen LogP contribution in [0.5, 0.6) is 5.75 Å². The molecule has 0 radical (unpaired) electrons. The number of halogens is 1. The number of piperidine rings is 1. The zero-order valence-corrected chi connectivity index (χ0v) is 24.1. The molecule has 2 aromatic carbocycles. The third-order valence-electron chi connectivity index (χ3n) is 6.57. The van der Waals surface area contributed by atoms with Crippen LogP contribution in [-0.2, 0) is 9.84 Å². The summed E-state index contributed by atoms with van der Waals surface area (Å²) in [5.41, 5.74) is 3.65. The number of sulfone groups is 1. The molecule has 2 heterocycles. The van der Waals surface area contributed by atoms with E-state index in [0.29, 0.717) is 23.4 Å². The summed E-state index contributed by atoms with van der Waals surface area (Å²) in [6.07, 6.45) is 3.63. The molecule has 0 saturated carbocycles. The molecule has 1 fully saturated rings. The number of aromatic nitrogens is 2. The third-order valence-corrected chi connectivity index (χ3v) is 9.05. The lowest BCUT2D eigenvalue weighted by molar-refractivity contribution is 0.243. The Balaban J connectivity index is 1.68. The van der Waals surface area contributed by atoms with Crippen molar-refractivity contribution in [3.63, 3.8) is 0 Å². The predicted molar refractivity (Wildman–Crippen MR) is 154 cm³/mol. The van der Waals surface area contributed by atoms with Crippen LogP contribution in [0.2, 0.25) is 5.02 Å². The average molecular weight is 558 g/mol. The highest BCUT2D eigenvalue weighted by molar-refractivity contribution is 7.92. The van der Waals surface area contributed by atoms with Gasteiger partial charge in [-0.15, -0.1) is 0 Å². The first-order chi connectivity index (χ1) is 18.1. The minimum Gasteiger partial charge on any atom is -0.489 e. The van der Waals surface area contributed by atoms with Gasteiger partial charge in [-0.25, -0.2) is 13.4 Å². The second-order valence-corrected chi connectivity index (χ2v) is 13.0. The molecule has 1 aliphatic rings. The Morgan fingerprint density at radius 2 is 1.76 bits per heavy atom. The van der Waals surface area contributed by atoms with E-state index in [1.54, 1.807) is 38.1 Å². The van der Waals surface area contributed by atoms with Crippen LogP contribution in [-0.4, -0.2) is 42.8 Å². The number of anilines is 4. The molecule has 0 amide bonds. The number of nitrogens with one attached hydrogen (secondary N) is 3. The summed E-state index contributed by atoms with van der Waals surface area (Å²) >= 11 is 6.43. The summed E-state index contributed by atoms with van der Waals surface area (Å²) in [5, 5.41) is 9.56. The highest BCUT2D eigenvalue weighted by Gasteiger charge is 2.24. The van der Waals surface area contributed by atoms with E-state index < -0.39 is 15.1 Å². The van der Waals surface area contributed by atoms with E-state index in [-0.39, 0.29) is 16.0 Å². The lowest BCUT2D eigenvalue weighted by Crippen LogP contribution is -2.27. The lowest BCUT2D eigenvalue weighted by Gasteiger charge is -2.26. The average Bonchev–Trinajstić information content (AvgIpc) is 2.88. The molecule has 3 N–H and O–H groups in total. The predicted octanol–water partition coefficient (Wildman–Crippen LogP) is 6.36. The van der Waals surface area contributed by atoms with Gasteiger partial charge in [0.15, 0.2) is 15.7 Å². The second kappa shape index (κ2) is 11.9. The molecule has 0 atom stereocenters. The van der Waals surface area contributed by atoms with Crippen molar-refractivity contribution in [1.29, 1.82) is 0 Å². The number of ether oxygens (including phenoxy) is 1. The van der Waals surface area contributed by atoms with Gasteiger partial charge in [0, 0.05) is 0 Å². The Bertz CT molecular complexity index is 1390. The van der Waals surface area contributed by atoms with E-state index in [1.807, 2.05) is 13.8 Å². The maximum absolute atomic E-state index is 12.9. The van der Waals surface area contributed by atoms with Crippen LogP contribution in [0, 0.1) is 6.92 Å². The normalized spacial score (nSPS) is 14.6. The van der Waals surface area contributed by atoms with Gasteiger partial charge in [0.05, 0.1) is 33.8 Å². The van der Waals surface area contributed by atoms with Crippen molar-refractivity contribution >= 4 is 44.6 Å².